The van der Waals surface area contributed by atoms with Gasteiger partial charge in [0.05, 0.1) is 17.6 Å². The van der Waals surface area contributed by atoms with E-state index >= 15 is 0 Å². The topological polar surface area (TPSA) is 128 Å². The first-order chi connectivity index (χ1) is 13.8. The van der Waals surface area contributed by atoms with E-state index in [1.165, 1.54) is 0 Å². The van der Waals surface area contributed by atoms with E-state index in [9.17, 15) is 9.90 Å². The van der Waals surface area contributed by atoms with E-state index in [0.717, 1.165) is 22.3 Å². The van der Waals surface area contributed by atoms with E-state index in [0.29, 0.717) is 41.0 Å². The van der Waals surface area contributed by atoms with Crippen LogP contribution in [0.4, 0.5) is 0 Å². The molecule has 10 heteroatoms. The molecule has 31 heavy (non-hydrogen) atoms. The number of rotatable bonds is 5. The van der Waals surface area contributed by atoms with Gasteiger partial charge in [-0.3, -0.25) is 4.79 Å². The van der Waals surface area contributed by atoms with E-state index in [1.54, 1.807) is 12.3 Å². The summed E-state index contributed by atoms with van der Waals surface area (Å²) in [5, 5.41) is 13.8. The van der Waals surface area contributed by atoms with Gasteiger partial charge in [0.1, 0.15) is 5.02 Å². The molecule has 0 saturated carbocycles. The molecule has 0 bridgehead atoms. The number of halogens is 1. The number of pyridine rings is 1. The Morgan fingerprint density at radius 1 is 1.32 bits per heavy atom. The maximum Gasteiger partial charge on any atom is 1.00 e. The standard InChI is InChI=1S/C21H20ClN3O4.Li.H2O/c1-10(2)28-20-17(22)8-14(9-23-20)19-24-18(25-29-19)15-5-4-12-6-13(21(26)27)7-16(12)11(15)3;;/h4-5,8-10,13H,6-7H2,1-3H3,(H,26,27);;1H2/q;+1;/p-1. The number of benzene rings is 1. The van der Waals surface area contributed by atoms with Crippen LogP contribution in [0.1, 0.15) is 30.5 Å². The van der Waals surface area contributed by atoms with Crippen molar-refractivity contribution in [1.29, 1.82) is 0 Å². The van der Waals surface area contributed by atoms with Gasteiger partial charge in [-0.1, -0.05) is 28.9 Å². The molecule has 3 aromatic rings. The molecule has 1 aromatic carbocycles. The molecule has 0 aliphatic heterocycles. The summed E-state index contributed by atoms with van der Waals surface area (Å²) in [5.41, 5.74) is 4.52. The Balaban J connectivity index is 0.00000171. The van der Waals surface area contributed by atoms with Gasteiger partial charge < -0.3 is 19.8 Å². The maximum atomic E-state index is 11.3. The van der Waals surface area contributed by atoms with Crippen molar-refractivity contribution in [2.24, 2.45) is 5.92 Å². The molecule has 2 aromatic heterocycles. The Morgan fingerprint density at radius 2 is 2.06 bits per heavy atom. The van der Waals surface area contributed by atoms with Crippen molar-refractivity contribution in [2.45, 2.75) is 39.7 Å². The smallest absolute Gasteiger partial charge is 0.870 e. The van der Waals surface area contributed by atoms with Crippen LogP contribution in [0.25, 0.3) is 22.8 Å². The molecule has 1 atom stereocenters. The van der Waals surface area contributed by atoms with E-state index in [2.05, 4.69) is 15.1 Å². The summed E-state index contributed by atoms with van der Waals surface area (Å²) in [7, 11) is 0. The van der Waals surface area contributed by atoms with Crippen LogP contribution in [0.15, 0.2) is 28.9 Å². The maximum absolute atomic E-state index is 11.3. The second kappa shape index (κ2) is 9.84. The Bertz CT molecular complexity index is 1100. The number of nitrogens with zero attached hydrogens (tertiary/aromatic N) is 3. The van der Waals surface area contributed by atoms with E-state index in [-0.39, 0.29) is 36.4 Å². The number of carboxylic acid groups (broad SMARTS) is 1. The number of fused-ring (bicyclic) bond motifs is 1. The van der Waals surface area contributed by atoms with Crippen LogP contribution >= 0.6 is 11.6 Å². The van der Waals surface area contributed by atoms with Crippen molar-refractivity contribution >= 4 is 17.6 Å². The molecule has 0 amide bonds. The third-order valence-corrected chi connectivity index (χ3v) is 5.30. The number of ether oxygens (including phenoxy) is 1. The fourth-order valence-electron chi connectivity index (χ4n) is 3.59. The molecule has 1 unspecified atom stereocenters. The molecular formula is C21H21ClLiN3O5. The van der Waals surface area contributed by atoms with Gasteiger partial charge in [0, 0.05) is 11.8 Å². The van der Waals surface area contributed by atoms with E-state index in [1.807, 2.05) is 32.9 Å². The average molecular weight is 438 g/mol. The monoisotopic (exact) mass is 437 g/mol. The minimum atomic E-state index is -0.765. The van der Waals surface area contributed by atoms with Gasteiger partial charge in [-0.05, 0) is 56.4 Å². The van der Waals surface area contributed by atoms with Crippen molar-refractivity contribution in [3.05, 3.63) is 46.1 Å². The molecule has 8 nitrogen and oxygen atoms in total. The molecule has 2 N–H and O–H groups in total. The normalized spacial score (nSPS) is 14.5. The second-order valence-corrected chi connectivity index (χ2v) is 7.83. The zero-order chi connectivity index (χ0) is 20.7. The Hall–Kier alpha value is -2.37. The van der Waals surface area contributed by atoms with Crippen LogP contribution < -0.4 is 23.6 Å². The number of aromatic nitrogens is 3. The van der Waals surface area contributed by atoms with Crippen molar-refractivity contribution in [2.75, 3.05) is 0 Å². The summed E-state index contributed by atoms with van der Waals surface area (Å²) in [5.74, 6) is -0.0445. The summed E-state index contributed by atoms with van der Waals surface area (Å²) >= 11 is 6.25. The molecule has 1 aliphatic rings. The van der Waals surface area contributed by atoms with Crippen LogP contribution in [0.2, 0.25) is 5.02 Å². The zero-order valence-corrected chi connectivity index (χ0v) is 18.5. The van der Waals surface area contributed by atoms with Crippen molar-refractivity contribution in [1.82, 2.24) is 15.1 Å². The fourth-order valence-corrected chi connectivity index (χ4v) is 3.80. The first-order valence-corrected chi connectivity index (χ1v) is 9.72. The van der Waals surface area contributed by atoms with Gasteiger partial charge in [-0.2, -0.15) is 4.98 Å². The second-order valence-electron chi connectivity index (χ2n) is 7.42. The SMILES string of the molecule is Cc1c(-c2noc(-c3cnc(OC(C)C)c(Cl)c3)n2)ccc2c1CC(C(=O)O)C2.[Li+].[OH-]. The number of carboxylic acids is 1. The number of carbonyl (C=O) groups is 1. The Labute approximate surface area is 196 Å². The molecule has 0 saturated heterocycles. The van der Waals surface area contributed by atoms with Gasteiger partial charge in [0.15, 0.2) is 0 Å². The van der Waals surface area contributed by atoms with Crippen LogP contribution in [0.3, 0.4) is 0 Å². The van der Waals surface area contributed by atoms with Gasteiger partial charge in [-0.25, -0.2) is 4.98 Å². The van der Waals surface area contributed by atoms with Crippen LogP contribution in [-0.2, 0) is 17.6 Å². The van der Waals surface area contributed by atoms with Gasteiger partial charge >= 0.3 is 24.8 Å². The molecule has 4 rings (SSSR count). The number of hydrogen-bond donors (Lipinski definition) is 1. The van der Waals surface area contributed by atoms with E-state index in [4.69, 9.17) is 20.9 Å². The quantitative estimate of drug-likeness (QED) is 0.589. The predicted octanol–water partition coefficient (Wildman–Crippen LogP) is 1.17. The first-order valence-electron chi connectivity index (χ1n) is 9.34. The summed E-state index contributed by atoms with van der Waals surface area (Å²) in [6, 6.07) is 5.54. The zero-order valence-electron chi connectivity index (χ0n) is 17.7. The molecular weight excluding hydrogens is 417 g/mol. The number of aliphatic carboxylic acids is 1. The van der Waals surface area contributed by atoms with Crippen molar-refractivity contribution < 1.29 is 43.5 Å². The molecule has 2 heterocycles. The Morgan fingerprint density at radius 3 is 2.71 bits per heavy atom. The summed E-state index contributed by atoms with van der Waals surface area (Å²) in [6.07, 6.45) is 2.61. The first kappa shape index (κ1) is 24.9. The number of hydrogen-bond acceptors (Lipinski definition) is 7. The van der Waals surface area contributed by atoms with Gasteiger partial charge in [0.2, 0.25) is 11.7 Å². The van der Waals surface area contributed by atoms with Gasteiger partial charge in [-0.15, -0.1) is 0 Å². The largest absolute Gasteiger partial charge is 1.00 e. The van der Waals surface area contributed by atoms with Gasteiger partial charge in [0.25, 0.3) is 5.89 Å². The summed E-state index contributed by atoms with van der Waals surface area (Å²) < 4.78 is 11.0. The van der Waals surface area contributed by atoms with Crippen molar-refractivity contribution in [3.8, 4) is 28.7 Å². The van der Waals surface area contributed by atoms with Crippen LogP contribution in [0.5, 0.6) is 5.88 Å². The fraction of sp³-hybridized carbons (Fsp3) is 0.333. The van der Waals surface area contributed by atoms with Crippen LogP contribution in [0, 0.1) is 12.8 Å². The summed E-state index contributed by atoms with van der Waals surface area (Å²) in [6.45, 7) is 5.76. The summed E-state index contributed by atoms with van der Waals surface area (Å²) in [4.78, 5) is 20.1. The van der Waals surface area contributed by atoms with Crippen LogP contribution in [-0.4, -0.2) is 37.8 Å². The molecule has 158 valence electrons. The third kappa shape index (κ3) is 4.94. The Kier molecular flexibility index (Phi) is 7.90. The molecule has 0 radical (unpaired) electrons. The molecule has 0 fully saturated rings. The van der Waals surface area contributed by atoms with E-state index < -0.39 is 5.97 Å². The average Bonchev–Trinajstić information content (AvgIpc) is 3.31. The van der Waals surface area contributed by atoms with Crippen molar-refractivity contribution in [3.63, 3.8) is 0 Å². The minimum absolute atomic E-state index is 0. The molecule has 1 aliphatic carbocycles. The minimum Gasteiger partial charge on any atom is -0.870 e. The molecule has 0 spiro atoms. The third-order valence-electron chi connectivity index (χ3n) is 5.03. The predicted molar refractivity (Wildman–Crippen MR) is 109 cm³/mol.